The van der Waals surface area contributed by atoms with Crippen LogP contribution in [0.3, 0.4) is 0 Å². The van der Waals surface area contributed by atoms with Crippen LogP contribution in [-0.4, -0.2) is 42.0 Å². The van der Waals surface area contributed by atoms with Crippen LogP contribution in [0.5, 0.6) is 0 Å². The van der Waals surface area contributed by atoms with Crippen molar-refractivity contribution in [2.24, 2.45) is 0 Å². The second-order valence-corrected chi connectivity index (χ2v) is 7.31. The van der Waals surface area contributed by atoms with E-state index in [1.165, 1.54) is 16.9 Å². The molecule has 2 aromatic rings. The van der Waals surface area contributed by atoms with E-state index in [9.17, 15) is 10.1 Å². The molecule has 2 aromatic heterocycles. The Morgan fingerprint density at radius 3 is 2.83 bits per heavy atom. The lowest BCUT2D eigenvalue weighted by Gasteiger charge is -2.35. The Kier molecular flexibility index (Phi) is 3.95. The van der Waals surface area contributed by atoms with E-state index in [0.29, 0.717) is 31.7 Å². The number of rotatable bonds is 2. The van der Waals surface area contributed by atoms with Crippen LogP contribution in [-0.2, 0) is 12.8 Å². The molecule has 3 heterocycles. The van der Waals surface area contributed by atoms with Crippen molar-refractivity contribution in [1.82, 2.24) is 9.88 Å². The van der Waals surface area contributed by atoms with Crippen molar-refractivity contribution < 1.29 is 4.79 Å². The molecule has 1 amide bonds. The largest absolute Gasteiger partial charge is 0.352 e. The third-order valence-electron chi connectivity index (χ3n) is 4.73. The van der Waals surface area contributed by atoms with Gasteiger partial charge in [0.25, 0.3) is 5.91 Å². The number of amides is 1. The zero-order valence-corrected chi connectivity index (χ0v) is 14.2. The van der Waals surface area contributed by atoms with Crippen LogP contribution in [0.4, 0.5) is 5.82 Å². The fourth-order valence-corrected chi connectivity index (χ4v) is 4.67. The van der Waals surface area contributed by atoms with Crippen LogP contribution in [0.25, 0.3) is 0 Å². The molecule has 0 radical (unpaired) electrons. The summed E-state index contributed by atoms with van der Waals surface area (Å²) in [5, 5.41) is 9.22. The highest BCUT2D eigenvalue weighted by atomic mass is 32.1. The molecule has 0 unspecified atom stereocenters. The van der Waals surface area contributed by atoms with Crippen molar-refractivity contribution >= 4 is 23.1 Å². The van der Waals surface area contributed by atoms with Gasteiger partial charge in [0, 0.05) is 37.3 Å². The van der Waals surface area contributed by atoms with Crippen molar-refractivity contribution in [3.63, 3.8) is 0 Å². The molecule has 0 saturated carbocycles. The van der Waals surface area contributed by atoms with E-state index in [4.69, 9.17) is 0 Å². The molecule has 1 aliphatic carbocycles. The molecule has 6 heteroatoms. The number of hydrogen-bond acceptors (Lipinski definition) is 5. The summed E-state index contributed by atoms with van der Waals surface area (Å²) in [5.41, 5.74) is 1.96. The number of nitriles is 1. The van der Waals surface area contributed by atoms with Gasteiger partial charge in [-0.1, -0.05) is 0 Å². The second-order valence-electron chi connectivity index (χ2n) is 6.18. The van der Waals surface area contributed by atoms with Crippen molar-refractivity contribution in [3.05, 3.63) is 45.3 Å². The molecule has 0 spiro atoms. The summed E-state index contributed by atoms with van der Waals surface area (Å²) >= 11 is 1.67. The van der Waals surface area contributed by atoms with Crippen LogP contribution in [0.2, 0.25) is 0 Å². The van der Waals surface area contributed by atoms with Gasteiger partial charge in [-0.25, -0.2) is 4.98 Å². The average Bonchev–Trinajstić information content (AvgIpc) is 3.23. The monoisotopic (exact) mass is 338 g/mol. The topological polar surface area (TPSA) is 60.2 Å². The van der Waals surface area contributed by atoms with Crippen LogP contribution in [0.1, 0.15) is 32.1 Å². The number of fused-ring (bicyclic) bond motifs is 1. The number of aromatic nitrogens is 1. The SMILES string of the molecule is N#Cc1cccnc1N1CCN(C(=O)c2cc3c(s2)CCC3)CC1. The van der Waals surface area contributed by atoms with Gasteiger partial charge in [-0.2, -0.15) is 5.26 Å². The molecule has 2 aliphatic rings. The maximum Gasteiger partial charge on any atom is 0.264 e. The normalized spacial score (nSPS) is 16.8. The summed E-state index contributed by atoms with van der Waals surface area (Å²) in [6, 6.07) is 7.84. The maximum atomic E-state index is 12.7. The van der Waals surface area contributed by atoms with Gasteiger partial charge in [-0.3, -0.25) is 4.79 Å². The molecule has 122 valence electrons. The van der Waals surface area contributed by atoms with E-state index < -0.39 is 0 Å². The van der Waals surface area contributed by atoms with Crippen LogP contribution >= 0.6 is 11.3 Å². The lowest BCUT2D eigenvalue weighted by molar-refractivity contribution is 0.0751. The number of carbonyl (C=O) groups excluding carboxylic acids is 1. The van der Waals surface area contributed by atoms with Crippen LogP contribution in [0, 0.1) is 11.3 Å². The summed E-state index contributed by atoms with van der Waals surface area (Å²) in [4.78, 5) is 23.3. The number of anilines is 1. The van der Waals surface area contributed by atoms with E-state index in [0.717, 1.165) is 23.5 Å². The first-order valence-electron chi connectivity index (χ1n) is 8.27. The fourth-order valence-electron chi connectivity index (χ4n) is 3.45. The minimum Gasteiger partial charge on any atom is -0.352 e. The Morgan fingerprint density at radius 1 is 1.25 bits per heavy atom. The average molecular weight is 338 g/mol. The minimum absolute atomic E-state index is 0.149. The summed E-state index contributed by atoms with van der Waals surface area (Å²) in [6.07, 6.45) is 5.17. The first-order chi connectivity index (χ1) is 11.8. The standard InChI is InChI=1S/C18H18N4OS/c19-12-14-4-2-6-20-17(14)21-7-9-22(10-8-21)18(23)16-11-13-3-1-5-15(13)24-16/h2,4,6,11H,1,3,5,7-10H2. The van der Waals surface area contributed by atoms with Gasteiger partial charge in [0.15, 0.2) is 0 Å². The fraction of sp³-hybridized carbons (Fsp3) is 0.389. The molecule has 0 bridgehead atoms. The number of carbonyl (C=O) groups is 1. The minimum atomic E-state index is 0.149. The van der Waals surface area contributed by atoms with Crippen molar-refractivity contribution in [1.29, 1.82) is 5.26 Å². The van der Waals surface area contributed by atoms with Crippen molar-refractivity contribution in [2.75, 3.05) is 31.1 Å². The molecule has 5 nitrogen and oxygen atoms in total. The zero-order valence-electron chi connectivity index (χ0n) is 13.4. The molecule has 1 fully saturated rings. The Balaban J connectivity index is 1.44. The number of aryl methyl sites for hydroxylation is 2. The molecule has 24 heavy (non-hydrogen) atoms. The second kappa shape index (κ2) is 6.25. The number of thiophene rings is 1. The van der Waals surface area contributed by atoms with E-state index in [2.05, 4.69) is 22.0 Å². The van der Waals surface area contributed by atoms with Gasteiger partial charge in [0.2, 0.25) is 0 Å². The third kappa shape index (κ3) is 2.65. The van der Waals surface area contributed by atoms with Crippen molar-refractivity contribution in [2.45, 2.75) is 19.3 Å². The number of hydrogen-bond donors (Lipinski definition) is 0. The summed E-state index contributed by atoms with van der Waals surface area (Å²) in [6.45, 7) is 2.76. The number of piperazine rings is 1. The highest BCUT2D eigenvalue weighted by Crippen LogP contribution is 2.31. The lowest BCUT2D eigenvalue weighted by Crippen LogP contribution is -2.49. The van der Waals surface area contributed by atoms with Gasteiger partial charge >= 0.3 is 0 Å². The molecule has 1 aliphatic heterocycles. The molecule has 0 atom stereocenters. The quantitative estimate of drug-likeness (QED) is 0.844. The molecule has 1 saturated heterocycles. The van der Waals surface area contributed by atoms with Crippen LogP contribution in [0.15, 0.2) is 24.4 Å². The van der Waals surface area contributed by atoms with Gasteiger partial charge in [-0.05, 0) is 43.0 Å². The molecular formula is C18H18N4OS. The van der Waals surface area contributed by atoms with Gasteiger partial charge < -0.3 is 9.80 Å². The smallest absolute Gasteiger partial charge is 0.264 e. The molecular weight excluding hydrogens is 320 g/mol. The Morgan fingerprint density at radius 2 is 2.08 bits per heavy atom. The van der Waals surface area contributed by atoms with Gasteiger partial charge in [0.1, 0.15) is 11.9 Å². The predicted octanol–water partition coefficient (Wildman–Crippen LogP) is 2.47. The first kappa shape index (κ1) is 15.2. The summed E-state index contributed by atoms with van der Waals surface area (Å²) < 4.78 is 0. The number of pyridine rings is 1. The predicted molar refractivity (Wildman–Crippen MR) is 93.4 cm³/mol. The van der Waals surface area contributed by atoms with Crippen LogP contribution < -0.4 is 4.90 Å². The molecule has 0 aromatic carbocycles. The first-order valence-corrected chi connectivity index (χ1v) is 9.09. The highest BCUT2D eigenvalue weighted by molar-refractivity contribution is 7.14. The Hall–Kier alpha value is -2.39. The summed E-state index contributed by atoms with van der Waals surface area (Å²) in [5.74, 6) is 0.873. The molecule has 0 N–H and O–H groups in total. The van der Waals surface area contributed by atoms with E-state index >= 15 is 0 Å². The van der Waals surface area contributed by atoms with E-state index in [1.54, 1.807) is 29.7 Å². The van der Waals surface area contributed by atoms with Gasteiger partial charge in [0.05, 0.1) is 10.4 Å². The Bertz CT molecular complexity index is 793. The maximum absolute atomic E-state index is 12.7. The summed E-state index contributed by atoms with van der Waals surface area (Å²) in [7, 11) is 0. The Labute approximate surface area is 145 Å². The van der Waals surface area contributed by atoms with E-state index in [1.807, 2.05) is 4.90 Å². The van der Waals surface area contributed by atoms with Gasteiger partial charge in [-0.15, -0.1) is 11.3 Å². The number of nitrogens with zero attached hydrogens (tertiary/aromatic N) is 4. The highest BCUT2D eigenvalue weighted by Gasteiger charge is 2.26. The van der Waals surface area contributed by atoms with Crippen molar-refractivity contribution in [3.8, 4) is 6.07 Å². The van der Waals surface area contributed by atoms with E-state index in [-0.39, 0.29) is 5.91 Å². The lowest BCUT2D eigenvalue weighted by atomic mass is 10.2. The zero-order chi connectivity index (χ0) is 16.5. The molecule has 4 rings (SSSR count). The third-order valence-corrected chi connectivity index (χ3v) is 5.96.